The minimum absolute atomic E-state index is 0.0257. The minimum Gasteiger partial charge on any atom is -0.406 e. The normalized spacial score (nSPS) is 15.8. The summed E-state index contributed by atoms with van der Waals surface area (Å²) in [7, 11) is -1.26. The molecule has 1 heterocycles. The molecule has 1 aliphatic heterocycles. The number of piperazine rings is 1. The van der Waals surface area contributed by atoms with Crippen molar-refractivity contribution in [3.05, 3.63) is 58.1 Å². The second kappa shape index (κ2) is 11.3. The molecule has 3 rings (SSSR count). The molecule has 33 heavy (non-hydrogen) atoms. The molecule has 1 amide bonds. The Morgan fingerprint density at radius 2 is 1.94 bits per heavy atom. The van der Waals surface area contributed by atoms with Gasteiger partial charge < -0.3 is 15.4 Å². The number of nitrogens with zero attached hydrogens (tertiary/aromatic N) is 1. The molecule has 0 spiro atoms. The summed E-state index contributed by atoms with van der Waals surface area (Å²) in [5, 5.41) is 6.33. The maximum atomic E-state index is 12.8. The van der Waals surface area contributed by atoms with Crippen LogP contribution in [0, 0.1) is 0 Å². The molecule has 2 aromatic carbocycles. The van der Waals surface area contributed by atoms with Crippen molar-refractivity contribution in [3.63, 3.8) is 0 Å². The van der Waals surface area contributed by atoms with Crippen LogP contribution in [0.25, 0.3) is 0 Å². The standard InChI is InChI=1S/C22H25ClF3N3O3S/c1-2-33(31)20-4-3-18(23)11-17(20)13-28-21(30)16-9-15(14-29-7-5-27-6-8-29)10-19(12-16)32-22(24,25)26/h3-4,9-12,27H,2,5-8,13-14H2,1H3,(H,28,30). The van der Waals surface area contributed by atoms with Crippen LogP contribution >= 0.6 is 11.6 Å². The first-order chi connectivity index (χ1) is 15.6. The Kier molecular flexibility index (Phi) is 8.75. The van der Waals surface area contributed by atoms with Gasteiger partial charge in [0.05, 0.1) is 10.8 Å². The van der Waals surface area contributed by atoms with Gasteiger partial charge in [-0.2, -0.15) is 0 Å². The van der Waals surface area contributed by atoms with Gasteiger partial charge in [0.25, 0.3) is 5.91 Å². The van der Waals surface area contributed by atoms with Crippen molar-refractivity contribution in [3.8, 4) is 5.75 Å². The first-order valence-corrected chi connectivity index (χ1v) is 12.1. The largest absolute Gasteiger partial charge is 0.573 e. The number of carbonyl (C=O) groups is 1. The Morgan fingerprint density at radius 3 is 2.61 bits per heavy atom. The first-order valence-electron chi connectivity index (χ1n) is 10.4. The molecule has 2 N–H and O–H groups in total. The highest BCUT2D eigenvalue weighted by molar-refractivity contribution is 7.85. The fraction of sp³-hybridized carbons (Fsp3) is 0.409. The molecule has 1 atom stereocenters. The number of alkyl halides is 3. The maximum Gasteiger partial charge on any atom is 0.573 e. The van der Waals surface area contributed by atoms with Crippen molar-refractivity contribution in [2.75, 3.05) is 31.9 Å². The summed E-state index contributed by atoms with van der Waals surface area (Å²) >= 11 is 6.05. The Labute approximate surface area is 197 Å². The molecule has 2 aromatic rings. The number of benzene rings is 2. The monoisotopic (exact) mass is 503 g/mol. The lowest BCUT2D eigenvalue weighted by atomic mass is 10.1. The number of halogens is 4. The van der Waals surface area contributed by atoms with Crippen molar-refractivity contribution >= 4 is 28.3 Å². The first kappa shape index (κ1) is 25.5. The van der Waals surface area contributed by atoms with Crippen molar-refractivity contribution < 1.29 is 26.9 Å². The number of ether oxygens (including phenoxy) is 1. The van der Waals surface area contributed by atoms with Gasteiger partial charge in [0.15, 0.2) is 0 Å². The van der Waals surface area contributed by atoms with Gasteiger partial charge in [0.2, 0.25) is 0 Å². The second-order valence-corrected chi connectivity index (χ2v) is 9.65. The Balaban J connectivity index is 1.81. The number of rotatable bonds is 8. The molecule has 1 aliphatic rings. The highest BCUT2D eigenvalue weighted by Gasteiger charge is 2.31. The van der Waals surface area contributed by atoms with Gasteiger partial charge in [-0.25, -0.2) is 0 Å². The van der Waals surface area contributed by atoms with Crippen LogP contribution in [-0.4, -0.2) is 53.3 Å². The van der Waals surface area contributed by atoms with Gasteiger partial charge >= 0.3 is 6.36 Å². The summed E-state index contributed by atoms with van der Waals surface area (Å²) in [6.07, 6.45) is -4.87. The second-order valence-electron chi connectivity index (χ2n) is 7.51. The Hall–Kier alpha value is -2.14. The van der Waals surface area contributed by atoms with E-state index in [1.165, 1.54) is 6.07 Å². The number of hydrogen-bond acceptors (Lipinski definition) is 5. The average molecular weight is 504 g/mol. The van der Waals surface area contributed by atoms with Crippen LogP contribution in [0.2, 0.25) is 5.02 Å². The summed E-state index contributed by atoms with van der Waals surface area (Å²) < 4.78 is 54.9. The summed E-state index contributed by atoms with van der Waals surface area (Å²) in [5.74, 6) is -0.623. The zero-order valence-electron chi connectivity index (χ0n) is 18.0. The third-order valence-electron chi connectivity index (χ3n) is 5.05. The zero-order chi connectivity index (χ0) is 24.0. The van der Waals surface area contributed by atoms with E-state index in [-0.39, 0.29) is 12.1 Å². The Bertz CT molecular complexity index is 1010. The fourth-order valence-corrected chi connectivity index (χ4v) is 4.69. The highest BCUT2D eigenvalue weighted by Crippen LogP contribution is 2.26. The van der Waals surface area contributed by atoms with E-state index in [0.717, 1.165) is 32.2 Å². The zero-order valence-corrected chi connectivity index (χ0v) is 19.6. The molecule has 1 unspecified atom stereocenters. The summed E-state index contributed by atoms with van der Waals surface area (Å²) in [4.78, 5) is 15.5. The van der Waals surface area contributed by atoms with E-state index in [4.69, 9.17) is 11.6 Å². The highest BCUT2D eigenvalue weighted by atomic mass is 35.5. The lowest BCUT2D eigenvalue weighted by Gasteiger charge is -2.27. The van der Waals surface area contributed by atoms with Gasteiger partial charge in [-0.05, 0) is 47.5 Å². The van der Waals surface area contributed by atoms with Crippen molar-refractivity contribution in [1.29, 1.82) is 0 Å². The van der Waals surface area contributed by atoms with E-state index in [0.29, 0.717) is 33.3 Å². The van der Waals surface area contributed by atoms with Crippen LogP contribution in [0.4, 0.5) is 13.2 Å². The van der Waals surface area contributed by atoms with Gasteiger partial charge in [-0.1, -0.05) is 18.5 Å². The van der Waals surface area contributed by atoms with Gasteiger partial charge in [-0.3, -0.25) is 13.9 Å². The number of nitrogens with one attached hydrogen (secondary N) is 2. The van der Waals surface area contributed by atoms with Gasteiger partial charge in [-0.15, -0.1) is 13.2 Å². The SMILES string of the molecule is CCS(=O)c1ccc(Cl)cc1CNC(=O)c1cc(CN2CCNCC2)cc(OC(F)(F)F)c1. The van der Waals surface area contributed by atoms with E-state index in [2.05, 4.69) is 20.3 Å². The van der Waals surface area contributed by atoms with Crippen molar-refractivity contribution in [2.24, 2.45) is 0 Å². The van der Waals surface area contributed by atoms with Gasteiger partial charge in [0.1, 0.15) is 5.75 Å². The summed E-state index contributed by atoms with van der Waals surface area (Å²) in [6, 6.07) is 8.80. The van der Waals surface area contributed by atoms with Crippen LogP contribution in [0.15, 0.2) is 41.3 Å². The van der Waals surface area contributed by atoms with E-state index in [1.54, 1.807) is 31.2 Å². The number of hydrogen-bond donors (Lipinski definition) is 2. The summed E-state index contributed by atoms with van der Waals surface area (Å²) in [5.41, 5.74) is 1.17. The lowest BCUT2D eigenvalue weighted by molar-refractivity contribution is -0.274. The van der Waals surface area contributed by atoms with Crippen LogP contribution in [-0.2, 0) is 23.9 Å². The number of carbonyl (C=O) groups excluding carboxylic acids is 1. The predicted octanol–water partition coefficient (Wildman–Crippen LogP) is 3.70. The third-order valence-corrected chi connectivity index (χ3v) is 6.70. The van der Waals surface area contributed by atoms with E-state index < -0.39 is 28.8 Å². The molecule has 0 bridgehead atoms. The quantitative estimate of drug-likeness (QED) is 0.575. The smallest absolute Gasteiger partial charge is 0.406 e. The van der Waals surface area contributed by atoms with Crippen molar-refractivity contribution in [2.45, 2.75) is 31.3 Å². The van der Waals surface area contributed by atoms with Crippen LogP contribution in [0.3, 0.4) is 0 Å². The number of amides is 1. The fourth-order valence-electron chi connectivity index (χ4n) is 3.54. The molecule has 0 radical (unpaired) electrons. The van der Waals surface area contributed by atoms with E-state index in [1.807, 2.05) is 0 Å². The maximum absolute atomic E-state index is 12.8. The van der Waals surface area contributed by atoms with E-state index in [9.17, 15) is 22.2 Å². The molecule has 0 aromatic heterocycles. The predicted molar refractivity (Wildman–Crippen MR) is 121 cm³/mol. The minimum atomic E-state index is -4.87. The van der Waals surface area contributed by atoms with Crippen LogP contribution in [0.1, 0.15) is 28.4 Å². The molecule has 180 valence electrons. The topological polar surface area (TPSA) is 70.7 Å². The van der Waals surface area contributed by atoms with Crippen LogP contribution < -0.4 is 15.4 Å². The molecule has 1 saturated heterocycles. The molecule has 1 fully saturated rings. The molecule has 0 aliphatic carbocycles. The molecule has 6 nitrogen and oxygen atoms in total. The molecule has 11 heteroatoms. The molecule has 0 saturated carbocycles. The molecular formula is C22H25ClF3N3O3S. The summed E-state index contributed by atoms with van der Waals surface area (Å²) in [6.45, 7) is 5.26. The van der Waals surface area contributed by atoms with Gasteiger partial charge in [0, 0.05) is 60.5 Å². The Morgan fingerprint density at radius 1 is 1.21 bits per heavy atom. The van der Waals surface area contributed by atoms with Crippen molar-refractivity contribution in [1.82, 2.24) is 15.5 Å². The molecular weight excluding hydrogens is 479 g/mol. The average Bonchev–Trinajstić information content (AvgIpc) is 2.76. The van der Waals surface area contributed by atoms with Crippen LogP contribution in [0.5, 0.6) is 5.75 Å². The third kappa shape index (κ3) is 7.70. The lowest BCUT2D eigenvalue weighted by Crippen LogP contribution is -2.42. The van der Waals surface area contributed by atoms with E-state index >= 15 is 0 Å².